The highest BCUT2D eigenvalue weighted by molar-refractivity contribution is 7.99. The zero-order valence-electron chi connectivity index (χ0n) is 20.5. The molecular weight excluding hydrogens is 543 g/mol. The lowest BCUT2D eigenvalue weighted by Gasteiger charge is -2.10. The minimum absolute atomic E-state index is 0.134. The second-order valence-electron chi connectivity index (χ2n) is 7.69. The van der Waals surface area contributed by atoms with Crippen molar-refractivity contribution in [3.63, 3.8) is 0 Å². The average Bonchev–Trinajstić information content (AvgIpc) is 3.39. The Balaban J connectivity index is 1.56. The van der Waals surface area contributed by atoms with E-state index in [2.05, 4.69) is 15.5 Å². The molecule has 0 saturated heterocycles. The van der Waals surface area contributed by atoms with Gasteiger partial charge in [-0.05, 0) is 50.5 Å². The number of rotatable bonds is 12. The number of carbonyl (C=O) groups excluding carboxylic acids is 2. The first-order chi connectivity index (χ1) is 17.3. The van der Waals surface area contributed by atoms with Crippen LogP contribution in [0.2, 0.25) is 10.0 Å². The first-order valence-corrected chi connectivity index (χ1v) is 14.0. The number of anilines is 1. The lowest BCUT2D eigenvalue weighted by atomic mass is 10.1. The number of carbonyl (C=O) groups is 2. The number of halogens is 2. The molecule has 0 aliphatic carbocycles. The van der Waals surface area contributed by atoms with Crippen LogP contribution >= 0.6 is 46.3 Å². The van der Waals surface area contributed by atoms with Gasteiger partial charge in [0.15, 0.2) is 5.16 Å². The number of nitrogens with zero attached hydrogens (tertiary/aromatic N) is 3. The van der Waals surface area contributed by atoms with Crippen LogP contribution in [0.5, 0.6) is 5.75 Å². The summed E-state index contributed by atoms with van der Waals surface area (Å²) in [4.78, 5) is 26.0. The van der Waals surface area contributed by atoms with Crippen molar-refractivity contribution in [3.05, 3.63) is 50.1 Å². The van der Waals surface area contributed by atoms with Gasteiger partial charge in [0.1, 0.15) is 16.6 Å². The van der Waals surface area contributed by atoms with Crippen LogP contribution in [0.25, 0.3) is 0 Å². The molecule has 12 heteroatoms. The Morgan fingerprint density at radius 1 is 1.22 bits per heavy atom. The molecule has 3 rings (SSSR count). The van der Waals surface area contributed by atoms with Gasteiger partial charge in [-0.25, -0.2) is 4.79 Å². The number of thioether (sulfide) groups is 1. The predicted molar refractivity (Wildman–Crippen MR) is 145 cm³/mol. The van der Waals surface area contributed by atoms with E-state index in [1.807, 2.05) is 25.3 Å². The van der Waals surface area contributed by atoms with E-state index in [0.717, 1.165) is 22.7 Å². The van der Waals surface area contributed by atoms with Gasteiger partial charge in [0.05, 0.1) is 30.1 Å². The number of hydrogen-bond donors (Lipinski definition) is 1. The van der Waals surface area contributed by atoms with E-state index >= 15 is 0 Å². The van der Waals surface area contributed by atoms with E-state index in [-0.39, 0.29) is 11.7 Å². The third kappa shape index (κ3) is 6.94. The second kappa shape index (κ2) is 13.3. The Morgan fingerprint density at radius 3 is 2.67 bits per heavy atom. The number of esters is 1. The summed E-state index contributed by atoms with van der Waals surface area (Å²) in [5, 5.41) is 13.6. The summed E-state index contributed by atoms with van der Waals surface area (Å²) in [5.41, 5.74) is 1.33. The number of benzene rings is 1. The van der Waals surface area contributed by atoms with Gasteiger partial charge in [0.2, 0.25) is 5.91 Å². The summed E-state index contributed by atoms with van der Waals surface area (Å²) in [7, 11) is 1.34. The zero-order chi connectivity index (χ0) is 26.2. The summed E-state index contributed by atoms with van der Waals surface area (Å²) >= 11 is 14.7. The molecule has 2 aromatic heterocycles. The Morgan fingerprint density at radius 2 is 2.00 bits per heavy atom. The van der Waals surface area contributed by atoms with Crippen molar-refractivity contribution in [3.8, 4) is 5.75 Å². The minimum Gasteiger partial charge on any atom is -0.492 e. The highest BCUT2D eigenvalue weighted by Gasteiger charge is 2.23. The van der Waals surface area contributed by atoms with Gasteiger partial charge in [0.25, 0.3) is 0 Å². The third-order valence-electron chi connectivity index (χ3n) is 5.34. The summed E-state index contributed by atoms with van der Waals surface area (Å²) in [6, 6.07) is 5.12. The van der Waals surface area contributed by atoms with Crippen molar-refractivity contribution in [2.75, 3.05) is 24.8 Å². The molecule has 0 saturated carbocycles. The molecule has 2 heterocycles. The number of hydrogen-bond acceptors (Lipinski definition) is 8. The van der Waals surface area contributed by atoms with Crippen molar-refractivity contribution in [2.24, 2.45) is 0 Å². The van der Waals surface area contributed by atoms with Crippen LogP contribution in [0, 0.1) is 6.92 Å². The molecule has 36 heavy (non-hydrogen) atoms. The lowest BCUT2D eigenvalue weighted by Crippen LogP contribution is -2.16. The van der Waals surface area contributed by atoms with Gasteiger partial charge in [0, 0.05) is 22.9 Å². The Labute approximate surface area is 228 Å². The fraction of sp³-hybridized carbons (Fsp3) is 0.417. The summed E-state index contributed by atoms with van der Waals surface area (Å²) in [6.45, 7) is 7.04. The van der Waals surface area contributed by atoms with Crippen LogP contribution in [0.1, 0.15) is 46.9 Å². The highest BCUT2D eigenvalue weighted by atomic mass is 35.5. The second-order valence-corrected chi connectivity index (χ2v) is 10.7. The molecule has 0 aliphatic rings. The predicted octanol–water partition coefficient (Wildman–Crippen LogP) is 6.07. The number of thiophene rings is 1. The highest BCUT2D eigenvalue weighted by Crippen LogP contribution is 2.34. The number of aromatic nitrogens is 3. The smallest absolute Gasteiger partial charge is 0.341 e. The van der Waals surface area contributed by atoms with E-state index in [4.69, 9.17) is 32.7 Å². The maximum atomic E-state index is 12.7. The molecule has 8 nitrogen and oxygen atoms in total. The van der Waals surface area contributed by atoms with Crippen LogP contribution in [0.15, 0.2) is 23.4 Å². The van der Waals surface area contributed by atoms with Gasteiger partial charge < -0.3 is 19.4 Å². The van der Waals surface area contributed by atoms with Gasteiger partial charge >= 0.3 is 5.97 Å². The van der Waals surface area contributed by atoms with Crippen LogP contribution < -0.4 is 10.1 Å². The number of ether oxygens (including phenoxy) is 2. The van der Waals surface area contributed by atoms with E-state index in [1.54, 1.807) is 18.2 Å². The van der Waals surface area contributed by atoms with Crippen LogP contribution in [0.4, 0.5) is 5.00 Å². The SMILES string of the molecule is CCc1c(C)sc(NC(=O)CSc2nnc(CCCOc3ccc(Cl)cc3Cl)n2CC)c1C(=O)OC. The normalized spacial score (nSPS) is 10.9. The molecule has 1 N–H and O–H groups in total. The van der Waals surface area contributed by atoms with Crippen molar-refractivity contribution >= 4 is 63.2 Å². The molecule has 0 radical (unpaired) electrons. The quantitative estimate of drug-likeness (QED) is 0.160. The Kier molecular flexibility index (Phi) is 10.5. The van der Waals surface area contributed by atoms with Crippen molar-refractivity contribution in [1.82, 2.24) is 14.8 Å². The molecule has 0 unspecified atom stereocenters. The molecule has 0 aliphatic heterocycles. The Hall–Kier alpha value is -2.27. The molecule has 0 atom stereocenters. The van der Waals surface area contributed by atoms with Crippen molar-refractivity contribution in [2.45, 2.75) is 51.7 Å². The van der Waals surface area contributed by atoms with E-state index in [0.29, 0.717) is 57.5 Å². The summed E-state index contributed by atoms with van der Waals surface area (Å²) in [5.74, 6) is 0.865. The van der Waals surface area contributed by atoms with Crippen LogP contribution in [0.3, 0.4) is 0 Å². The summed E-state index contributed by atoms with van der Waals surface area (Å²) in [6.07, 6.45) is 2.06. The first-order valence-electron chi connectivity index (χ1n) is 11.4. The van der Waals surface area contributed by atoms with Gasteiger partial charge in [-0.2, -0.15) is 0 Å². The number of nitrogens with one attached hydrogen (secondary N) is 1. The molecule has 3 aromatic rings. The average molecular weight is 572 g/mol. The van der Waals surface area contributed by atoms with Gasteiger partial charge in [-0.3, -0.25) is 4.79 Å². The number of methoxy groups -OCH3 is 1. The minimum atomic E-state index is -0.447. The van der Waals surface area contributed by atoms with Crippen LogP contribution in [-0.2, 0) is 28.9 Å². The van der Waals surface area contributed by atoms with Gasteiger partial charge in [-0.1, -0.05) is 41.9 Å². The number of aryl methyl sites for hydroxylation is 2. The topological polar surface area (TPSA) is 95.3 Å². The monoisotopic (exact) mass is 570 g/mol. The largest absolute Gasteiger partial charge is 0.492 e. The maximum absolute atomic E-state index is 12.7. The molecule has 1 amide bonds. The lowest BCUT2D eigenvalue weighted by molar-refractivity contribution is -0.113. The standard InChI is InChI=1S/C24H28Cl2N4O4S2/c1-5-16-14(3)36-22(21(16)23(32)33-4)27-20(31)13-35-24-29-28-19(30(24)6-2)8-7-11-34-18-10-9-15(25)12-17(18)26/h9-10,12H,5-8,11,13H2,1-4H3,(H,27,31). The first kappa shape index (κ1) is 28.3. The molecule has 1 aromatic carbocycles. The molecule has 0 bridgehead atoms. The maximum Gasteiger partial charge on any atom is 0.341 e. The molecule has 0 spiro atoms. The van der Waals surface area contributed by atoms with Crippen molar-refractivity contribution < 1.29 is 19.1 Å². The molecule has 194 valence electrons. The van der Waals surface area contributed by atoms with Crippen LogP contribution in [-0.4, -0.2) is 46.1 Å². The third-order valence-corrected chi connectivity index (χ3v) is 7.90. The van der Waals surface area contributed by atoms with E-state index < -0.39 is 5.97 Å². The van der Waals surface area contributed by atoms with E-state index in [1.165, 1.54) is 30.2 Å². The molecular formula is C24H28Cl2N4O4S2. The fourth-order valence-electron chi connectivity index (χ4n) is 3.64. The van der Waals surface area contributed by atoms with E-state index in [9.17, 15) is 9.59 Å². The molecule has 0 fully saturated rings. The number of amides is 1. The summed E-state index contributed by atoms with van der Waals surface area (Å²) < 4.78 is 12.6. The Bertz CT molecular complexity index is 1230. The fourth-order valence-corrected chi connectivity index (χ4v) is 6.07. The van der Waals surface area contributed by atoms with Crippen molar-refractivity contribution in [1.29, 1.82) is 0 Å². The van der Waals surface area contributed by atoms with Gasteiger partial charge in [-0.15, -0.1) is 21.5 Å². The zero-order valence-corrected chi connectivity index (χ0v) is 23.7.